The second-order valence-corrected chi connectivity index (χ2v) is 37.7. The van der Waals surface area contributed by atoms with Crippen molar-refractivity contribution in [3.8, 4) is 85.0 Å². The number of H-pyrrole nitrogens is 5. The van der Waals surface area contributed by atoms with Crippen molar-refractivity contribution < 1.29 is 75.0 Å². The summed E-state index contributed by atoms with van der Waals surface area (Å²) in [5, 5.41) is 104. The molecule has 10 aromatic rings. The van der Waals surface area contributed by atoms with Gasteiger partial charge in [-0.3, -0.25) is 24.0 Å². The average Bonchev–Trinajstić information content (AvgIpc) is 1.57. The molecule has 137 heavy (non-hydrogen) atoms. The maximum absolute atomic E-state index is 12.2. The number of aromatic amines is 5. The first-order valence-corrected chi connectivity index (χ1v) is 46.9. The molecule has 5 aromatic carbocycles. The Kier molecular flexibility index (Phi) is 27.6. The number of nitrogens with zero attached hydrogens (tertiary/aromatic N) is 7. The van der Waals surface area contributed by atoms with Gasteiger partial charge in [-0.05, 0) is 221 Å². The zero-order valence-corrected chi connectivity index (χ0v) is 78.0. The molecule has 19 N–H and O–H groups in total. The number of benzene rings is 5. The third-order valence-corrected chi connectivity index (χ3v) is 29.7. The molecule has 35 heteroatoms. The molecular formula is C102H119N15O20. The van der Waals surface area contributed by atoms with Gasteiger partial charge in [0.2, 0.25) is 0 Å². The minimum absolute atomic E-state index is 0.346. The fraction of sp³-hybridized carbons (Fsp3) is 0.412. The van der Waals surface area contributed by atoms with Crippen molar-refractivity contribution in [2.45, 2.75) is 104 Å². The number of carboxylic acids is 5. The van der Waals surface area contributed by atoms with Crippen LogP contribution in [0, 0.1) is 53.3 Å². The van der Waals surface area contributed by atoms with Crippen LogP contribution in [-0.4, -0.2) is 253 Å². The van der Waals surface area contributed by atoms with E-state index in [9.17, 15) is 88.8 Å². The molecule has 7 saturated heterocycles. The van der Waals surface area contributed by atoms with E-state index >= 15 is 0 Å². The molecule has 3 aliphatic carbocycles. The molecule has 0 amide bonds. The summed E-state index contributed by atoms with van der Waals surface area (Å²) in [6.07, 6.45) is 4.51. The maximum Gasteiger partial charge on any atom is 0.345 e. The summed E-state index contributed by atoms with van der Waals surface area (Å²) < 4.78 is 0. The molecule has 5 unspecified atom stereocenters. The molecule has 13 atom stereocenters. The Balaban J connectivity index is 0.000000124. The number of piperidine rings is 4. The first kappa shape index (κ1) is 96.1. The molecule has 20 rings (SSSR count). The van der Waals surface area contributed by atoms with E-state index in [2.05, 4.69) is 91.0 Å². The largest absolute Gasteiger partial charge is 0.506 e. The van der Waals surface area contributed by atoms with Gasteiger partial charge >= 0.3 is 29.8 Å². The van der Waals surface area contributed by atoms with Crippen molar-refractivity contribution in [3.05, 3.63) is 229 Å². The van der Waals surface area contributed by atoms with Crippen LogP contribution in [0.5, 0.6) is 28.7 Å². The first-order chi connectivity index (χ1) is 65.6. The van der Waals surface area contributed by atoms with Gasteiger partial charge in [-0.2, -0.15) is 0 Å². The lowest BCUT2D eigenvalue weighted by atomic mass is 9.94. The third-order valence-electron chi connectivity index (χ3n) is 29.7. The Hall–Kier alpha value is -14.0. The van der Waals surface area contributed by atoms with E-state index in [0.29, 0.717) is 142 Å². The highest BCUT2D eigenvalue weighted by Gasteiger charge is 2.58. The molecule has 12 heterocycles. The van der Waals surface area contributed by atoms with Gasteiger partial charge in [0.1, 0.15) is 28.7 Å². The zero-order chi connectivity index (χ0) is 97.9. The number of pyridine rings is 5. The van der Waals surface area contributed by atoms with Crippen molar-refractivity contribution in [2.24, 2.45) is 59.0 Å². The van der Waals surface area contributed by atoms with E-state index in [0.717, 1.165) is 165 Å². The number of likely N-dealkylation sites (tertiary alicyclic amines) is 1. The van der Waals surface area contributed by atoms with Gasteiger partial charge in [0, 0.05) is 159 Å². The number of hydrogen-bond donors (Lipinski definition) is 18. The molecule has 0 radical (unpaired) electrons. The predicted molar refractivity (Wildman–Crippen MR) is 522 cm³/mol. The molecule has 3 saturated carbocycles. The maximum atomic E-state index is 12.2. The van der Waals surface area contributed by atoms with Crippen molar-refractivity contribution in [2.75, 3.05) is 138 Å². The average molecular weight is 1880 g/mol. The minimum Gasteiger partial charge on any atom is -0.506 e. The summed E-state index contributed by atoms with van der Waals surface area (Å²) in [5.74, 6) is -3.21. The highest BCUT2D eigenvalue weighted by Crippen LogP contribution is 2.51. The van der Waals surface area contributed by atoms with E-state index in [1.165, 1.54) is 12.8 Å². The monoisotopic (exact) mass is 1870 g/mol. The highest BCUT2D eigenvalue weighted by molar-refractivity contribution is 5.95. The number of carboxylic acid groups (broad SMARTS) is 5. The number of hydrogen-bond acceptors (Lipinski definition) is 25. The quantitative estimate of drug-likeness (QED) is 0.0300. The number of nitrogens with one attached hydrogen (secondary N) is 7. The van der Waals surface area contributed by atoms with Gasteiger partial charge in [0.25, 0.3) is 27.8 Å². The van der Waals surface area contributed by atoms with Crippen LogP contribution < -0.4 is 68.7 Å². The summed E-state index contributed by atoms with van der Waals surface area (Å²) in [6, 6.07) is 41.4. The normalized spacial score (nSPS) is 22.7. The number of fused-ring (bicyclic) bond motifs is 5. The summed E-state index contributed by atoms with van der Waals surface area (Å²) >= 11 is 0. The minimum atomic E-state index is -1.44. The standard InChI is InChI=1S/3C21H25N3O4.C20H23N3O4.C19H21N3O4/c1-4-13-17(22-20(26)16(19(13)25)21(27)28)11-5-7-12(8-6-11)24-9-14-15(10-24)18(14)23(2)3;1-3-16-18(22-20(26)17(19(16)25)21(27)28)12-4-6-15(7-5-12)24-10-13-8-23(2)9-14(13)11-24;1-2-15-18(23-20(26)17(19(15)25)21(27)28)12-5-7-14(8-6-12)24-10-13-4-3-9-22-16(13)11-24;1-3-12-16(22-19(25)15(18(12)24)20(26)27)10-4-6-11(7-5-10)23-8-13-14(9-23)17(13)21-2;1-2-11-16(21-18(24)14(17(11)23)19(25)26)9-3-5-10(6-4-9)22-7-12-13(8-22)15(12)20/h5-8,14-15,18H,4,9-10H2,1-3H3,(H,27,28)(H2,22,25,26);4-7,13-14H,3,8-11H2,1-2H3,(H,27,28)(H2,22,25,26);5-8,13,16,22H,2-4,9-11H2,1H3,(H,27,28)(H2,23,25,26);4-7,13-14,17,21H,3,8-9H2,1-2H3,(H,26,27)(H2,22,24,25);3-6,12-13,15H,2,7-8,20H2,1H3,(H,25,26)(H2,21,23,24)/t14-,15+,18?;13-,14+;;13-,14+,17?;12-,13+,15?. The Morgan fingerprint density at radius 2 is 0.599 bits per heavy atom. The Labute approximate surface area is 788 Å². The Bertz CT molecular complexity index is 6550. The molecule has 5 aromatic heterocycles. The zero-order valence-electron chi connectivity index (χ0n) is 78.0. The smallest absolute Gasteiger partial charge is 0.345 e. The molecule has 7 aliphatic heterocycles. The lowest BCUT2D eigenvalue weighted by Crippen LogP contribution is -2.40. The van der Waals surface area contributed by atoms with E-state index < -0.39 is 114 Å². The molecule has 10 fully saturated rings. The number of aromatic nitrogens is 5. The highest BCUT2D eigenvalue weighted by atomic mass is 16.4. The Morgan fingerprint density at radius 3 is 0.839 bits per heavy atom. The molecule has 35 nitrogen and oxygen atoms in total. The van der Waals surface area contributed by atoms with Crippen molar-refractivity contribution in [1.82, 2.24) is 45.4 Å². The Morgan fingerprint density at radius 1 is 0.358 bits per heavy atom. The molecule has 0 spiro atoms. The van der Waals surface area contributed by atoms with E-state index in [1.54, 1.807) is 6.92 Å². The number of aromatic hydroxyl groups is 5. The number of aromatic carboxylic acids is 5. The lowest BCUT2D eigenvalue weighted by Gasteiger charge is -2.24. The predicted octanol–water partition coefficient (Wildman–Crippen LogP) is 9.27. The number of nitrogens with two attached hydrogens (primary N) is 1. The van der Waals surface area contributed by atoms with Gasteiger partial charge in [-0.15, -0.1) is 0 Å². The number of anilines is 5. The van der Waals surface area contributed by atoms with E-state index in [4.69, 9.17) is 15.9 Å². The van der Waals surface area contributed by atoms with E-state index in [-0.39, 0.29) is 0 Å². The second kappa shape index (κ2) is 39.4. The first-order valence-electron chi connectivity index (χ1n) is 46.9. The summed E-state index contributed by atoms with van der Waals surface area (Å²) in [6.45, 7) is 22.7. The fourth-order valence-electron chi connectivity index (χ4n) is 22.4. The van der Waals surface area contributed by atoms with Crippen LogP contribution in [0.4, 0.5) is 28.4 Å². The third kappa shape index (κ3) is 18.9. The summed E-state index contributed by atoms with van der Waals surface area (Å²) in [5.41, 5.74) is 12.8. The second-order valence-electron chi connectivity index (χ2n) is 37.7. The van der Waals surface area contributed by atoms with Gasteiger partial charge < -0.3 is 127 Å². The SMILES string of the molecule is CCc1c(-c2ccc(N3CC4CCCNC4C3)cc2)[nH]c(=O)c(C(=O)O)c1O.CCc1c(-c2ccc(N3C[C@@H]4C(N(C)C)[C@@H]4C3)cc2)[nH]c(=O)c(C(=O)O)c1O.CCc1c(-c2ccc(N3C[C@@H]4C(N)[C@@H]4C3)cc2)[nH]c(=O)c(C(=O)O)c1O.CCc1c(-c2ccc(N3C[C@@H]4C(NC)[C@@H]4C3)cc2)[nH]c(=O)c(C(=O)O)c1O.CCc1c(-c2ccc(N3C[C@H]4CN(C)C[C@H]4C3)cc2)[nH]c(=O)c(C(=O)O)c1O. The summed E-state index contributed by atoms with van der Waals surface area (Å²) in [7, 11) is 8.46. The van der Waals surface area contributed by atoms with Gasteiger partial charge in [0.05, 0.1) is 28.5 Å². The van der Waals surface area contributed by atoms with Crippen LogP contribution >= 0.6 is 0 Å². The summed E-state index contributed by atoms with van der Waals surface area (Å²) in [4.78, 5) is 147. The van der Waals surface area contributed by atoms with Crippen molar-refractivity contribution in [3.63, 3.8) is 0 Å². The fourth-order valence-corrected chi connectivity index (χ4v) is 22.4. The van der Waals surface area contributed by atoms with Crippen LogP contribution in [0.3, 0.4) is 0 Å². The molecular weight excluding hydrogens is 1760 g/mol. The lowest BCUT2D eigenvalue weighted by molar-refractivity contribution is 0.0680. The van der Waals surface area contributed by atoms with Crippen LogP contribution in [0.15, 0.2) is 145 Å². The van der Waals surface area contributed by atoms with Crippen molar-refractivity contribution >= 4 is 58.3 Å². The molecule has 0 bridgehead atoms. The number of carbonyl (C=O) groups is 5. The topological polar surface area (TPSA) is 525 Å². The van der Waals surface area contributed by atoms with Crippen LogP contribution in [0.1, 0.15) is 127 Å². The van der Waals surface area contributed by atoms with Gasteiger partial charge in [-0.1, -0.05) is 95.3 Å². The molecule has 10 aliphatic rings. The van der Waals surface area contributed by atoms with Gasteiger partial charge in [-0.25, -0.2) is 24.0 Å². The van der Waals surface area contributed by atoms with Crippen LogP contribution in [0.2, 0.25) is 0 Å². The van der Waals surface area contributed by atoms with E-state index in [1.807, 2.05) is 156 Å². The molecule has 722 valence electrons. The number of rotatable bonds is 22. The van der Waals surface area contributed by atoms with Crippen molar-refractivity contribution in [1.29, 1.82) is 0 Å². The van der Waals surface area contributed by atoms with Crippen LogP contribution in [0.25, 0.3) is 56.3 Å². The van der Waals surface area contributed by atoms with Gasteiger partial charge in [0.15, 0.2) is 27.8 Å². The van der Waals surface area contributed by atoms with Crippen LogP contribution in [-0.2, 0) is 32.1 Å².